The van der Waals surface area contributed by atoms with E-state index >= 15 is 0 Å². The summed E-state index contributed by atoms with van der Waals surface area (Å²) in [6, 6.07) is 77.9. The van der Waals surface area contributed by atoms with Gasteiger partial charge in [0.2, 0.25) is 11.8 Å². The van der Waals surface area contributed by atoms with E-state index in [0.717, 1.165) is 85.6 Å². The quantitative estimate of drug-likeness (QED) is 0.0507. The second-order valence-corrected chi connectivity index (χ2v) is 30.5. The van der Waals surface area contributed by atoms with Crippen LogP contribution >= 0.6 is 0 Å². The van der Waals surface area contributed by atoms with Crippen molar-refractivity contribution in [2.45, 2.75) is 51.4 Å². The van der Waals surface area contributed by atoms with Crippen molar-refractivity contribution in [2.24, 2.45) is 0 Å². The second kappa shape index (κ2) is 52.9. The summed E-state index contributed by atoms with van der Waals surface area (Å²) in [4.78, 5) is 73.7. The Labute approximate surface area is 929 Å². The van der Waals surface area contributed by atoms with Crippen LogP contribution in [0.25, 0.3) is 69.8 Å². The molecule has 0 N–H and O–H groups in total. The molecule has 0 atom stereocenters. The molecule has 148 heavy (non-hydrogen) atoms. The number of ether oxygens (including phenoxy) is 2. The average Bonchev–Trinajstić information content (AvgIpc) is 1.29. The van der Waals surface area contributed by atoms with E-state index in [1.807, 2.05) is 215 Å². The van der Waals surface area contributed by atoms with Crippen LogP contribution in [0.3, 0.4) is 0 Å². The molecule has 18 aromatic heterocycles. The van der Waals surface area contributed by atoms with Gasteiger partial charge in [-0.25, -0.2) is 40.6 Å². The number of rotatable bonds is 24. The van der Waals surface area contributed by atoms with Gasteiger partial charge in [0.05, 0.1) is 0 Å². The van der Waals surface area contributed by atoms with Crippen LogP contribution in [-0.4, -0.2) is 207 Å². The molecular formula is C98H70N42O2Pt6. The van der Waals surface area contributed by atoms with Crippen LogP contribution in [0.1, 0.15) is 72.7 Å². The Bertz CT molecular complexity index is 6780. The fourth-order valence-corrected chi connectivity index (χ4v) is 13.4. The summed E-state index contributed by atoms with van der Waals surface area (Å²) in [5.41, 5.74) is 12.1. The third kappa shape index (κ3) is 28.2. The molecule has 0 spiro atoms. The van der Waals surface area contributed by atoms with Crippen LogP contribution in [0.15, 0.2) is 331 Å². The predicted octanol–water partition coefficient (Wildman–Crippen LogP) is 10.5. The van der Waals surface area contributed by atoms with E-state index in [2.05, 4.69) is 263 Å². The van der Waals surface area contributed by atoms with Crippen LogP contribution in [0.4, 0.5) is 0 Å². The van der Waals surface area contributed by atoms with E-state index in [4.69, 9.17) is 9.47 Å². The standard InChI is InChI=1S/C21H18N4.C19H14N4.C18H12N4O.C15H12N10.C13H8N10.C12H6N10O.6Pt/c1-21(2,17-7-3-9-19(15-17)24-13-5-11-22-24)18-8-4-10-20(16-18)25-14-6-12-23-25;1-5-16(14-18(7-1)22-11-3-9-20-22)13-17-6-2-8-19(15-17)23-12-4-10-21-23;1-5-15(21-11-3-9-19-21)13-17(7-1)23-18-8-2-6-16(14-18)22-12-4-10-20-22;1-15(2,11-3-5-18-13(22-11)24-9-16-7-20-24)12-4-6-19-14(23-12)25-10-17-8-21-25;1-3-16-12(22-8-14-6-18-22)20-10(1)5-11-2-4-17-13(21-11)23-9-15-7-19-23;1-3-15-11(21-7-13-5-17-21)19-9(1)23-10-2-4-16-12(20-10)22-8-14-6-18-22;;;;;;/h3-14H,1-2H3;1-12H,13H2;1-12H;3-8H,1-2H3;1-4,6-7H,5H2;1-6H;;;;;;/q6*-2;6*+2. The first-order valence-corrected chi connectivity index (χ1v) is 43.0. The first-order valence-electron chi connectivity index (χ1n) is 43.0. The maximum atomic E-state index is 5.86. The summed E-state index contributed by atoms with van der Waals surface area (Å²) >= 11 is 0. The Morgan fingerprint density at radius 2 is 0.507 bits per heavy atom. The van der Waals surface area contributed by atoms with Crippen LogP contribution in [0.2, 0.25) is 0 Å². The van der Waals surface area contributed by atoms with Crippen molar-refractivity contribution in [3.63, 3.8) is 0 Å². The predicted molar refractivity (Wildman–Crippen MR) is 499 cm³/mol. The van der Waals surface area contributed by atoms with Crippen molar-refractivity contribution in [3.8, 4) is 93.1 Å². The minimum atomic E-state index is -0.503. The van der Waals surface area contributed by atoms with Crippen molar-refractivity contribution in [3.05, 3.63) is 451 Å². The molecule has 24 aromatic rings. The molecule has 0 radical (unpaired) electrons. The first-order chi connectivity index (χ1) is 69.8. The molecule has 0 bridgehead atoms. The van der Waals surface area contributed by atoms with Gasteiger partial charge in [0.1, 0.15) is 23.8 Å². The molecule has 0 aliphatic carbocycles. The summed E-state index contributed by atoms with van der Waals surface area (Å²) in [6.07, 6.45) is 57.0. The van der Waals surface area contributed by atoms with Crippen LogP contribution in [-0.2, 0) is 150 Å². The van der Waals surface area contributed by atoms with Crippen molar-refractivity contribution >= 4 is 0 Å². The third-order valence-electron chi connectivity index (χ3n) is 20.4. The van der Waals surface area contributed by atoms with Crippen molar-refractivity contribution in [1.82, 2.24) is 207 Å². The zero-order chi connectivity index (χ0) is 96.5. The zero-order valence-electron chi connectivity index (χ0n) is 77.1. The van der Waals surface area contributed by atoms with Gasteiger partial charge in [-0.3, -0.25) is 77.9 Å². The van der Waals surface area contributed by atoms with Crippen LogP contribution in [0, 0.1) is 74.4 Å². The molecule has 0 saturated heterocycles. The monoisotopic (exact) mass is 3040 g/mol. The SMILES string of the molecule is CC(C)(c1[c-]c(-n2cccn2)ccc1)c1[c-]c(-n2cccn2)ccc1.CC(C)(c1ccnc(-n2[c-]ncn2)n1)c1ccnc(-n2[c-]ncn2)n1.[Pt+2].[Pt+2].[Pt+2].[Pt+2].[Pt+2].[Pt+2].[c-]1c(Cc2[c-]c(-n3cccn3)ccc2)cccc1-n1cccn1.[c-]1c(Oc2[c-]c(-n3cccn3)ccc2)cccc1-n1cccn1.[c-]1ncnn1-c1nccc(Cc2ccnc(-n3[c-]ncn3)n2)n1.[c-]1ncnn1-c1nccc(Oc2ccnc(-n3[c-]ncn3)n2)n1. The summed E-state index contributed by atoms with van der Waals surface area (Å²) in [5, 5.41) is 49.2. The molecule has 0 unspecified atom stereocenters. The van der Waals surface area contributed by atoms with E-state index in [0.29, 0.717) is 41.7 Å². The van der Waals surface area contributed by atoms with Gasteiger partial charge in [-0.2, -0.15) is 138 Å². The Balaban J connectivity index is 0.000000147. The third-order valence-corrected chi connectivity index (χ3v) is 20.4. The second-order valence-electron chi connectivity index (χ2n) is 30.5. The summed E-state index contributed by atoms with van der Waals surface area (Å²) in [6.45, 7) is 8.40. The molecule has 6 aromatic carbocycles. The van der Waals surface area contributed by atoms with Crippen LogP contribution in [0.5, 0.6) is 23.3 Å². The number of hydrogen-bond donors (Lipinski definition) is 0. The van der Waals surface area contributed by atoms with E-state index in [1.54, 1.807) is 83.5 Å². The topological polar surface area (TPSA) is 464 Å². The van der Waals surface area contributed by atoms with Gasteiger partial charge in [-0.05, 0) is 120 Å². The Morgan fingerprint density at radius 1 is 0.236 bits per heavy atom. The maximum Gasteiger partial charge on any atom is 2.00 e. The van der Waals surface area contributed by atoms with E-state index in [9.17, 15) is 0 Å². The minimum Gasteiger partial charge on any atom is -0.509 e. The number of benzene rings is 6. The van der Waals surface area contributed by atoms with E-state index < -0.39 is 5.41 Å². The molecule has 50 heteroatoms. The molecule has 0 fully saturated rings. The number of aromatic nitrogens is 42. The first kappa shape index (κ1) is 109. The van der Waals surface area contributed by atoms with Crippen molar-refractivity contribution in [2.75, 3.05) is 0 Å². The van der Waals surface area contributed by atoms with Gasteiger partial charge in [-0.15, -0.1) is 60.7 Å². The molecule has 24 rings (SSSR count). The number of nitrogens with zero attached hydrogens (tertiary/aromatic N) is 42. The Kier molecular flexibility index (Phi) is 38.9. The molecule has 0 saturated carbocycles. The van der Waals surface area contributed by atoms with Crippen LogP contribution < -0.4 is 9.47 Å². The summed E-state index contributed by atoms with van der Waals surface area (Å²) in [5.74, 6) is 3.91. The molecular weight excluding hydrogens is 2970 g/mol. The van der Waals surface area contributed by atoms with Gasteiger partial charge in [0.25, 0.3) is 0 Å². The van der Waals surface area contributed by atoms with Crippen molar-refractivity contribution < 1.29 is 136 Å². The van der Waals surface area contributed by atoms with Gasteiger partial charge in [-0.1, -0.05) is 13.8 Å². The maximum absolute atomic E-state index is 5.86. The largest absolute Gasteiger partial charge is 2.00 e. The molecule has 44 nitrogen and oxygen atoms in total. The smallest absolute Gasteiger partial charge is 0.509 e. The van der Waals surface area contributed by atoms with Crippen molar-refractivity contribution in [1.29, 1.82) is 0 Å². The molecule has 0 amide bonds. The van der Waals surface area contributed by atoms with E-state index in [1.165, 1.54) is 78.4 Å². The average molecular weight is 3040 g/mol. The summed E-state index contributed by atoms with van der Waals surface area (Å²) < 4.78 is 30.3. The normalized spacial score (nSPS) is 10.6. The fourth-order valence-electron chi connectivity index (χ4n) is 13.4. The molecule has 18 heterocycles. The van der Waals surface area contributed by atoms with Gasteiger partial charge < -0.3 is 67.5 Å². The van der Waals surface area contributed by atoms with Gasteiger partial charge in [0, 0.05) is 246 Å². The molecule has 0 aliphatic rings. The van der Waals surface area contributed by atoms with E-state index in [-0.39, 0.29) is 155 Å². The number of hydrogen-bond acceptors (Lipinski definition) is 32. The fraction of sp³-hybridized carbons (Fsp3) is 0.0816. The van der Waals surface area contributed by atoms with Gasteiger partial charge >= 0.3 is 126 Å². The molecule has 0 aliphatic heterocycles. The Hall–Kier alpha value is -16.4. The minimum absolute atomic E-state index is 0. The van der Waals surface area contributed by atoms with Gasteiger partial charge in [0.15, 0.2) is 11.9 Å². The zero-order valence-corrected chi connectivity index (χ0v) is 90.7. The Morgan fingerprint density at radius 3 is 0.804 bits per heavy atom. The summed E-state index contributed by atoms with van der Waals surface area (Å²) in [7, 11) is 0. The molecule has 744 valence electrons.